The van der Waals surface area contributed by atoms with Gasteiger partial charge in [0.25, 0.3) is 0 Å². The molecule has 1 saturated heterocycles. The van der Waals surface area contributed by atoms with E-state index in [1.807, 2.05) is 43.0 Å². The minimum atomic E-state index is -0.859. The van der Waals surface area contributed by atoms with Crippen molar-refractivity contribution in [1.29, 1.82) is 0 Å². The zero-order valence-corrected chi connectivity index (χ0v) is 13.0. The molecular weight excluding hydrogens is 274 g/mol. The van der Waals surface area contributed by atoms with E-state index in [2.05, 4.69) is 0 Å². The van der Waals surface area contributed by atoms with Crippen LogP contribution in [0.4, 0.5) is 0 Å². The molecule has 0 spiro atoms. The first-order chi connectivity index (χ1) is 9.44. The summed E-state index contributed by atoms with van der Waals surface area (Å²) in [4.78, 5) is 14.2. The molecule has 1 fully saturated rings. The Morgan fingerprint density at radius 3 is 2.75 bits per heavy atom. The number of amides is 1. The van der Waals surface area contributed by atoms with Gasteiger partial charge in [0.05, 0.1) is 18.3 Å². The summed E-state index contributed by atoms with van der Waals surface area (Å²) in [6.45, 7) is 5.02. The van der Waals surface area contributed by atoms with E-state index in [0.717, 1.165) is 11.3 Å². The number of carbonyl (C=O) groups is 1. The molecule has 2 rings (SSSR count). The van der Waals surface area contributed by atoms with Crippen LogP contribution in [-0.2, 0) is 22.0 Å². The molecule has 20 heavy (non-hydrogen) atoms. The molecule has 1 atom stereocenters. The van der Waals surface area contributed by atoms with Crippen molar-refractivity contribution in [3.63, 3.8) is 0 Å². The summed E-state index contributed by atoms with van der Waals surface area (Å²) in [5.74, 6) is 1.37. The van der Waals surface area contributed by atoms with Crippen LogP contribution in [0.3, 0.4) is 0 Å². The normalized spacial score (nSPS) is 21.6. The van der Waals surface area contributed by atoms with E-state index in [-0.39, 0.29) is 10.7 Å². The fourth-order valence-electron chi connectivity index (χ4n) is 2.42. The third-order valence-electron chi connectivity index (χ3n) is 3.62. The second-order valence-electron chi connectivity index (χ2n) is 5.61. The number of hydrogen-bond donors (Lipinski definition) is 0. The lowest BCUT2D eigenvalue weighted by Crippen LogP contribution is -2.52. The molecule has 4 nitrogen and oxygen atoms in total. The highest BCUT2D eigenvalue weighted by Gasteiger charge is 2.35. The Bertz CT molecular complexity index is 528. The zero-order valence-electron chi connectivity index (χ0n) is 12.2. The van der Waals surface area contributed by atoms with Crippen molar-refractivity contribution in [2.24, 2.45) is 0 Å². The summed E-state index contributed by atoms with van der Waals surface area (Å²) < 4.78 is 16.8. The largest absolute Gasteiger partial charge is 0.496 e. The molecule has 1 aliphatic heterocycles. The van der Waals surface area contributed by atoms with Gasteiger partial charge in [0.2, 0.25) is 5.91 Å². The van der Waals surface area contributed by atoms with Crippen LogP contribution in [0.25, 0.3) is 0 Å². The van der Waals surface area contributed by atoms with Crippen LogP contribution in [0.5, 0.6) is 5.75 Å². The Morgan fingerprint density at radius 2 is 2.10 bits per heavy atom. The molecule has 0 N–H and O–H groups in total. The summed E-state index contributed by atoms with van der Waals surface area (Å²) >= 11 is 0. The van der Waals surface area contributed by atoms with Gasteiger partial charge in [-0.3, -0.25) is 9.00 Å². The van der Waals surface area contributed by atoms with Gasteiger partial charge in [-0.1, -0.05) is 18.2 Å². The number of benzene rings is 1. The Hall–Kier alpha value is -1.36. The summed E-state index contributed by atoms with van der Waals surface area (Å²) in [6.07, 6.45) is 0.326. The molecule has 1 aromatic carbocycles. The highest BCUT2D eigenvalue weighted by Crippen LogP contribution is 2.23. The molecule has 0 bridgehead atoms. The summed E-state index contributed by atoms with van der Waals surface area (Å²) in [6, 6.07) is 7.56. The quantitative estimate of drug-likeness (QED) is 0.851. The first-order valence-electron chi connectivity index (χ1n) is 6.72. The van der Waals surface area contributed by atoms with Crippen molar-refractivity contribution < 1.29 is 13.7 Å². The zero-order chi connectivity index (χ0) is 14.8. The number of carbonyl (C=O) groups excluding carboxylic acids is 1. The number of nitrogens with zero attached hydrogens (tertiary/aromatic N) is 1. The van der Waals surface area contributed by atoms with Gasteiger partial charge in [-0.25, -0.2) is 0 Å². The maximum absolute atomic E-state index is 12.4. The van der Waals surface area contributed by atoms with Crippen molar-refractivity contribution in [2.75, 3.05) is 26.0 Å². The molecule has 0 aliphatic carbocycles. The van der Waals surface area contributed by atoms with E-state index in [1.165, 1.54) is 0 Å². The lowest BCUT2D eigenvalue weighted by Gasteiger charge is -2.37. The molecule has 1 amide bonds. The summed E-state index contributed by atoms with van der Waals surface area (Å²) in [5, 5.41) is 0. The topological polar surface area (TPSA) is 46.6 Å². The average molecular weight is 295 g/mol. The van der Waals surface area contributed by atoms with Crippen LogP contribution in [0.15, 0.2) is 24.3 Å². The van der Waals surface area contributed by atoms with Gasteiger partial charge in [-0.2, -0.15) is 0 Å². The number of hydrogen-bond acceptors (Lipinski definition) is 3. The molecule has 1 heterocycles. The Labute approximate surface area is 122 Å². The predicted molar refractivity (Wildman–Crippen MR) is 80.4 cm³/mol. The SMILES string of the molecule is COc1ccccc1CC(=O)N1CC[S@](=O)C(C)(C)C1. The van der Waals surface area contributed by atoms with E-state index in [0.29, 0.717) is 25.3 Å². The standard InChI is InChI=1S/C15H21NO3S/c1-15(2)11-16(8-9-20(15)18)14(17)10-12-6-4-5-7-13(12)19-3/h4-7H,8-11H2,1-3H3/t20-/m0/s1. The highest BCUT2D eigenvalue weighted by atomic mass is 32.2. The molecule has 5 heteroatoms. The number of methoxy groups -OCH3 is 1. The fourth-order valence-corrected chi connectivity index (χ4v) is 3.66. The summed E-state index contributed by atoms with van der Waals surface area (Å²) in [7, 11) is 0.749. The van der Waals surface area contributed by atoms with E-state index in [9.17, 15) is 9.00 Å². The number of para-hydroxylation sites is 1. The smallest absolute Gasteiger partial charge is 0.227 e. The lowest BCUT2D eigenvalue weighted by molar-refractivity contribution is -0.130. The predicted octanol–water partition coefficient (Wildman–Crippen LogP) is 1.61. The van der Waals surface area contributed by atoms with Gasteiger partial charge in [0.15, 0.2) is 0 Å². The van der Waals surface area contributed by atoms with Gasteiger partial charge in [-0.15, -0.1) is 0 Å². The maximum Gasteiger partial charge on any atom is 0.227 e. The van der Waals surface area contributed by atoms with Crippen LogP contribution < -0.4 is 4.74 Å². The number of rotatable bonds is 3. The molecular formula is C15H21NO3S. The molecule has 0 saturated carbocycles. The molecule has 0 radical (unpaired) electrons. The second-order valence-corrected chi connectivity index (χ2v) is 7.82. The second kappa shape index (κ2) is 5.95. The van der Waals surface area contributed by atoms with Crippen molar-refractivity contribution in [1.82, 2.24) is 4.90 Å². The van der Waals surface area contributed by atoms with E-state index in [1.54, 1.807) is 7.11 Å². The molecule has 1 aliphatic rings. The average Bonchev–Trinajstić information content (AvgIpc) is 2.42. The first kappa shape index (κ1) is 15.0. The van der Waals surface area contributed by atoms with Crippen LogP contribution in [0.2, 0.25) is 0 Å². The van der Waals surface area contributed by atoms with Crippen LogP contribution in [-0.4, -0.2) is 45.7 Å². The van der Waals surface area contributed by atoms with Crippen molar-refractivity contribution in [2.45, 2.75) is 25.0 Å². The van der Waals surface area contributed by atoms with Crippen LogP contribution >= 0.6 is 0 Å². The third-order valence-corrected chi connectivity index (χ3v) is 5.54. The van der Waals surface area contributed by atoms with Gasteiger partial charge in [-0.05, 0) is 19.9 Å². The molecule has 0 aromatic heterocycles. The minimum Gasteiger partial charge on any atom is -0.496 e. The Morgan fingerprint density at radius 1 is 1.40 bits per heavy atom. The van der Waals surface area contributed by atoms with E-state index < -0.39 is 10.8 Å². The van der Waals surface area contributed by atoms with Crippen molar-refractivity contribution in [3.8, 4) is 5.75 Å². The van der Waals surface area contributed by atoms with E-state index in [4.69, 9.17) is 4.74 Å². The van der Waals surface area contributed by atoms with Gasteiger partial charge >= 0.3 is 0 Å². The fraction of sp³-hybridized carbons (Fsp3) is 0.533. The molecule has 1 aromatic rings. The Balaban J connectivity index is 2.07. The minimum absolute atomic E-state index is 0.0688. The highest BCUT2D eigenvalue weighted by molar-refractivity contribution is 7.86. The Kier molecular flexibility index (Phi) is 4.48. The first-order valence-corrected chi connectivity index (χ1v) is 8.04. The van der Waals surface area contributed by atoms with Gasteiger partial charge in [0, 0.05) is 35.2 Å². The van der Waals surface area contributed by atoms with Crippen LogP contribution in [0.1, 0.15) is 19.4 Å². The maximum atomic E-state index is 12.4. The van der Waals surface area contributed by atoms with Gasteiger partial charge in [0.1, 0.15) is 5.75 Å². The third kappa shape index (κ3) is 3.20. The monoisotopic (exact) mass is 295 g/mol. The van der Waals surface area contributed by atoms with Gasteiger partial charge < -0.3 is 9.64 Å². The molecule has 0 unspecified atom stereocenters. The van der Waals surface area contributed by atoms with Crippen LogP contribution in [0, 0.1) is 0 Å². The summed E-state index contributed by atoms with van der Waals surface area (Å²) in [5.41, 5.74) is 0.893. The molecule has 110 valence electrons. The van der Waals surface area contributed by atoms with Crippen molar-refractivity contribution >= 4 is 16.7 Å². The van der Waals surface area contributed by atoms with E-state index >= 15 is 0 Å². The lowest BCUT2D eigenvalue weighted by atomic mass is 10.1. The van der Waals surface area contributed by atoms with Crippen molar-refractivity contribution in [3.05, 3.63) is 29.8 Å². The number of ether oxygens (including phenoxy) is 1.